The maximum Gasteiger partial charge on any atom is 0.326 e. The molecule has 8 nitrogen and oxygen atoms in total. The van der Waals surface area contributed by atoms with Crippen LogP contribution in [0.15, 0.2) is 10.2 Å². The summed E-state index contributed by atoms with van der Waals surface area (Å²) in [4.78, 5) is 36.2. The Balaban J connectivity index is 1.84. The zero-order chi connectivity index (χ0) is 17.2. The quantitative estimate of drug-likeness (QED) is 0.649. The molecule has 1 fully saturated rings. The van der Waals surface area contributed by atoms with E-state index in [0.29, 0.717) is 12.1 Å². The molecule has 1 aromatic heterocycles. The summed E-state index contributed by atoms with van der Waals surface area (Å²) in [6, 6.07) is -0.382. The Kier molecular flexibility index (Phi) is 5.25. The summed E-state index contributed by atoms with van der Waals surface area (Å²) in [5, 5.41) is 1.63. The number of rotatable bonds is 5. The lowest BCUT2D eigenvalue weighted by molar-refractivity contribution is -0.152. The third-order valence-electron chi connectivity index (χ3n) is 3.77. The molecule has 2 heterocycles. The van der Waals surface area contributed by atoms with Crippen molar-refractivity contribution in [3.05, 3.63) is 20.7 Å². The second-order valence-electron chi connectivity index (χ2n) is 5.45. The van der Waals surface area contributed by atoms with Crippen LogP contribution >= 0.6 is 11.3 Å². The van der Waals surface area contributed by atoms with Crippen LogP contribution in [0.2, 0.25) is 0 Å². The lowest BCUT2D eigenvalue weighted by Gasteiger charge is -2.23. The molecule has 0 aliphatic carbocycles. The summed E-state index contributed by atoms with van der Waals surface area (Å²) in [7, 11) is -1.59. The van der Waals surface area contributed by atoms with E-state index in [2.05, 4.69) is 0 Å². The molecule has 2 rings (SSSR count). The Morgan fingerprint density at radius 1 is 1.48 bits per heavy atom. The van der Waals surface area contributed by atoms with Crippen LogP contribution in [0.3, 0.4) is 0 Å². The molecule has 0 saturated carbocycles. The number of carbonyl (C=O) groups excluding carboxylic acids is 2. The maximum atomic E-state index is 12.0. The molecule has 23 heavy (non-hydrogen) atoms. The number of aryl methyl sites for hydroxylation is 1. The average Bonchev–Trinajstić information content (AvgIpc) is 3.00. The van der Waals surface area contributed by atoms with Gasteiger partial charge in [0.2, 0.25) is 0 Å². The van der Waals surface area contributed by atoms with Crippen molar-refractivity contribution in [3.63, 3.8) is 0 Å². The first-order valence-corrected chi connectivity index (χ1v) is 9.66. The monoisotopic (exact) mass is 362 g/mol. The first kappa shape index (κ1) is 17.7. The predicted octanol–water partition coefficient (Wildman–Crippen LogP) is -0.593. The number of amides is 1. The van der Waals surface area contributed by atoms with Crippen molar-refractivity contribution in [2.45, 2.75) is 25.9 Å². The standard InChI is InChI=1S/C13H18N2O6S2/c1-9-7-22-13(18)15(9)5-12(17)21-6-11(16)14(2)10-3-4-23(19,20)8-10/h7,10H,3-6,8H2,1-2H3. The molecule has 0 radical (unpaired) electrons. The van der Waals surface area contributed by atoms with Crippen molar-refractivity contribution >= 4 is 33.1 Å². The van der Waals surface area contributed by atoms with E-state index in [-0.39, 0.29) is 29.0 Å². The predicted molar refractivity (Wildman–Crippen MR) is 84.1 cm³/mol. The van der Waals surface area contributed by atoms with Crippen molar-refractivity contribution < 1.29 is 22.7 Å². The second kappa shape index (κ2) is 6.83. The SMILES string of the molecule is Cc1csc(=O)n1CC(=O)OCC(=O)N(C)C1CCS(=O)(=O)C1. The Morgan fingerprint density at radius 2 is 2.17 bits per heavy atom. The topological polar surface area (TPSA) is 103 Å². The van der Waals surface area contributed by atoms with Crippen LogP contribution < -0.4 is 4.87 Å². The van der Waals surface area contributed by atoms with Gasteiger partial charge >= 0.3 is 10.8 Å². The number of likely N-dealkylation sites (N-methyl/N-ethyl adjacent to an activating group) is 1. The number of hydrogen-bond acceptors (Lipinski definition) is 7. The minimum atomic E-state index is -3.09. The zero-order valence-electron chi connectivity index (χ0n) is 12.9. The fourth-order valence-electron chi connectivity index (χ4n) is 2.30. The van der Waals surface area contributed by atoms with Crippen LogP contribution in [-0.4, -0.2) is 61.0 Å². The van der Waals surface area contributed by atoms with Crippen LogP contribution in [0.5, 0.6) is 0 Å². The maximum absolute atomic E-state index is 12.0. The van der Waals surface area contributed by atoms with Crippen molar-refractivity contribution in [1.82, 2.24) is 9.47 Å². The van der Waals surface area contributed by atoms with E-state index < -0.39 is 28.3 Å². The van der Waals surface area contributed by atoms with Crippen molar-refractivity contribution in [1.29, 1.82) is 0 Å². The number of esters is 1. The lowest BCUT2D eigenvalue weighted by Crippen LogP contribution is -2.40. The molecule has 1 aliphatic rings. The summed E-state index contributed by atoms with van der Waals surface area (Å²) in [6.45, 7) is 0.984. The summed E-state index contributed by atoms with van der Waals surface area (Å²) < 4.78 is 29.0. The number of aromatic nitrogens is 1. The molecule has 10 heteroatoms. The molecule has 1 unspecified atom stereocenters. The van der Waals surface area contributed by atoms with E-state index in [1.165, 1.54) is 16.5 Å². The van der Waals surface area contributed by atoms with Crippen molar-refractivity contribution in [2.75, 3.05) is 25.2 Å². The fraction of sp³-hybridized carbons (Fsp3) is 0.615. The first-order chi connectivity index (χ1) is 10.7. The molecule has 0 aromatic carbocycles. The molecule has 1 saturated heterocycles. The number of carbonyl (C=O) groups is 2. The lowest BCUT2D eigenvalue weighted by atomic mass is 10.2. The van der Waals surface area contributed by atoms with E-state index in [1.807, 2.05) is 0 Å². The number of nitrogens with zero attached hydrogens (tertiary/aromatic N) is 2. The largest absolute Gasteiger partial charge is 0.454 e. The summed E-state index contributed by atoms with van der Waals surface area (Å²) in [5.41, 5.74) is 0.650. The Bertz CT molecular complexity index is 764. The molecule has 1 atom stereocenters. The summed E-state index contributed by atoms with van der Waals surface area (Å²) in [6.07, 6.45) is 0.391. The van der Waals surface area contributed by atoms with Gasteiger partial charge in [0.05, 0.1) is 11.5 Å². The summed E-state index contributed by atoms with van der Waals surface area (Å²) in [5.74, 6) is -1.15. The van der Waals surface area contributed by atoms with Crippen LogP contribution in [0.25, 0.3) is 0 Å². The molecule has 0 spiro atoms. The highest BCUT2D eigenvalue weighted by atomic mass is 32.2. The fourth-order valence-corrected chi connectivity index (χ4v) is 4.81. The number of ether oxygens (including phenoxy) is 1. The molecule has 1 amide bonds. The third kappa shape index (κ3) is 4.41. The summed E-state index contributed by atoms with van der Waals surface area (Å²) >= 11 is 0.986. The zero-order valence-corrected chi connectivity index (χ0v) is 14.5. The Hall–Kier alpha value is -1.68. The molecule has 0 N–H and O–H groups in total. The molecule has 128 valence electrons. The van der Waals surface area contributed by atoms with Crippen LogP contribution in [-0.2, 0) is 30.7 Å². The van der Waals surface area contributed by atoms with Gasteiger partial charge in [0.15, 0.2) is 16.4 Å². The average molecular weight is 362 g/mol. The van der Waals surface area contributed by atoms with Gasteiger partial charge in [-0.1, -0.05) is 11.3 Å². The normalized spacial score (nSPS) is 19.5. The molecular formula is C13H18N2O6S2. The highest BCUT2D eigenvalue weighted by molar-refractivity contribution is 7.91. The van der Waals surface area contributed by atoms with Crippen molar-refractivity contribution in [2.24, 2.45) is 0 Å². The van der Waals surface area contributed by atoms with Crippen LogP contribution in [0.1, 0.15) is 12.1 Å². The van der Waals surface area contributed by atoms with Gasteiger partial charge in [0.25, 0.3) is 5.91 Å². The van der Waals surface area contributed by atoms with Gasteiger partial charge in [-0.2, -0.15) is 0 Å². The smallest absolute Gasteiger partial charge is 0.326 e. The highest BCUT2D eigenvalue weighted by Crippen LogP contribution is 2.16. The Morgan fingerprint density at radius 3 is 2.70 bits per heavy atom. The van der Waals surface area contributed by atoms with Crippen molar-refractivity contribution in [3.8, 4) is 0 Å². The number of sulfone groups is 1. The minimum absolute atomic E-state index is 0.0628. The van der Waals surface area contributed by atoms with Gasteiger partial charge in [-0.3, -0.25) is 19.0 Å². The molecule has 1 aromatic rings. The van der Waals surface area contributed by atoms with Gasteiger partial charge in [0, 0.05) is 24.2 Å². The van der Waals surface area contributed by atoms with Gasteiger partial charge in [-0.25, -0.2) is 8.42 Å². The molecule has 0 bridgehead atoms. The van der Waals surface area contributed by atoms with E-state index >= 15 is 0 Å². The van der Waals surface area contributed by atoms with E-state index in [4.69, 9.17) is 4.74 Å². The van der Waals surface area contributed by atoms with E-state index in [9.17, 15) is 22.8 Å². The number of thiazole rings is 1. The van der Waals surface area contributed by atoms with E-state index in [0.717, 1.165) is 11.3 Å². The van der Waals surface area contributed by atoms with Crippen LogP contribution in [0.4, 0.5) is 0 Å². The van der Waals surface area contributed by atoms with E-state index in [1.54, 1.807) is 12.3 Å². The number of hydrogen-bond donors (Lipinski definition) is 0. The molecular weight excluding hydrogens is 344 g/mol. The first-order valence-electron chi connectivity index (χ1n) is 6.96. The van der Waals surface area contributed by atoms with Gasteiger partial charge in [-0.15, -0.1) is 0 Å². The van der Waals surface area contributed by atoms with Gasteiger partial charge in [0.1, 0.15) is 6.54 Å². The minimum Gasteiger partial charge on any atom is -0.454 e. The Labute approximate surface area is 137 Å². The third-order valence-corrected chi connectivity index (χ3v) is 6.40. The van der Waals surface area contributed by atoms with Crippen LogP contribution in [0, 0.1) is 6.92 Å². The van der Waals surface area contributed by atoms with Gasteiger partial charge < -0.3 is 9.64 Å². The van der Waals surface area contributed by atoms with Gasteiger partial charge in [-0.05, 0) is 13.3 Å². The molecule has 1 aliphatic heterocycles. The second-order valence-corrected chi connectivity index (χ2v) is 8.50. The highest BCUT2D eigenvalue weighted by Gasteiger charge is 2.32.